The zero-order chi connectivity index (χ0) is 19.0. The van der Waals surface area contributed by atoms with Crippen LogP contribution in [-0.4, -0.2) is 30.4 Å². The molecule has 2 heterocycles. The van der Waals surface area contributed by atoms with Gasteiger partial charge in [-0.3, -0.25) is 14.4 Å². The average Bonchev–Trinajstić information content (AvgIpc) is 3.09. The van der Waals surface area contributed by atoms with Crippen LogP contribution < -0.4 is 20.3 Å². The number of benzene rings is 2. The molecule has 2 aliphatic rings. The number of carbonyl (C=O) groups excluding carboxylic acids is 3. The first-order chi connectivity index (χ1) is 13.0. The van der Waals surface area contributed by atoms with Gasteiger partial charge in [0.1, 0.15) is 5.75 Å². The van der Waals surface area contributed by atoms with Crippen LogP contribution in [0.5, 0.6) is 5.75 Å². The van der Waals surface area contributed by atoms with Crippen molar-refractivity contribution in [2.24, 2.45) is 0 Å². The number of nitrogens with zero attached hydrogens (tertiary/aromatic N) is 1. The zero-order valence-electron chi connectivity index (χ0n) is 14.8. The fourth-order valence-electron chi connectivity index (χ4n) is 3.20. The number of amides is 3. The summed E-state index contributed by atoms with van der Waals surface area (Å²) in [7, 11) is 0. The molecular formula is C20H19N3O4. The summed E-state index contributed by atoms with van der Waals surface area (Å²) in [6, 6.07) is 12.0. The van der Waals surface area contributed by atoms with Gasteiger partial charge in [0.15, 0.2) is 6.10 Å². The molecule has 1 fully saturated rings. The van der Waals surface area contributed by atoms with Crippen LogP contribution in [-0.2, 0) is 9.59 Å². The maximum atomic E-state index is 12.5. The minimum Gasteiger partial charge on any atom is -0.479 e. The largest absolute Gasteiger partial charge is 0.479 e. The number of fused-ring (bicyclic) bond motifs is 1. The quantitative estimate of drug-likeness (QED) is 0.876. The third kappa shape index (κ3) is 3.36. The third-order valence-electron chi connectivity index (χ3n) is 4.68. The molecule has 1 saturated heterocycles. The lowest BCUT2D eigenvalue weighted by molar-refractivity contribution is -0.122. The predicted octanol–water partition coefficient (Wildman–Crippen LogP) is 2.79. The maximum absolute atomic E-state index is 12.5. The molecule has 27 heavy (non-hydrogen) atoms. The first kappa shape index (κ1) is 17.1. The summed E-state index contributed by atoms with van der Waals surface area (Å²) in [6.45, 7) is 2.39. The fourth-order valence-corrected chi connectivity index (χ4v) is 3.20. The highest BCUT2D eigenvalue weighted by atomic mass is 16.5. The minimum atomic E-state index is -0.543. The van der Waals surface area contributed by atoms with E-state index in [9.17, 15) is 14.4 Å². The highest BCUT2D eigenvalue weighted by Crippen LogP contribution is 2.32. The molecule has 4 rings (SSSR count). The number of rotatable bonds is 3. The van der Waals surface area contributed by atoms with Crippen molar-refractivity contribution in [3.05, 3.63) is 48.0 Å². The van der Waals surface area contributed by atoms with Crippen LogP contribution in [0.2, 0.25) is 0 Å². The third-order valence-corrected chi connectivity index (χ3v) is 4.68. The van der Waals surface area contributed by atoms with E-state index < -0.39 is 6.10 Å². The molecule has 0 bridgehead atoms. The Kier molecular flexibility index (Phi) is 4.27. The Morgan fingerprint density at radius 1 is 1.19 bits per heavy atom. The van der Waals surface area contributed by atoms with E-state index in [0.717, 1.165) is 12.1 Å². The second-order valence-corrected chi connectivity index (χ2v) is 6.61. The highest BCUT2D eigenvalue weighted by Gasteiger charge is 2.24. The van der Waals surface area contributed by atoms with E-state index >= 15 is 0 Å². The highest BCUT2D eigenvalue weighted by molar-refractivity contribution is 6.06. The number of hydrogen-bond donors (Lipinski definition) is 2. The van der Waals surface area contributed by atoms with E-state index in [0.29, 0.717) is 35.7 Å². The molecule has 0 radical (unpaired) electrons. The monoisotopic (exact) mass is 365 g/mol. The lowest BCUT2D eigenvalue weighted by atomic mass is 10.1. The van der Waals surface area contributed by atoms with E-state index in [2.05, 4.69) is 10.6 Å². The Morgan fingerprint density at radius 2 is 1.96 bits per heavy atom. The van der Waals surface area contributed by atoms with Crippen molar-refractivity contribution in [2.75, 3.05) is 22.1 Å². The summed E-state index contributed by atoms with van der Waals surface area (Å²) in [5, 5.41) is 5.56. The summed E-state index contributed by atoms with van der Waals surface area (Å²) in [6.07, 6.45) is 0.886. The Bertz CT molecular complexity index is 923. The normalized spacial score (nSPS) is 18.6. The van der Waals surface area contributed by atoms with Crippen LogP contribution in [0.1, 0.15) is 30.1 Å². The van der Waals surface area contributed by atoms with E-state index in [4.69, 9.17) is 4.74 Å². The maximum Gasteiger partial charge on any atom is 0.265 e. The summed E-state index contributed by atoms with van der Waals surface area (Å²) >= 11 is 0. The molecule has 2 aromatic rings. The van der Waals surface area contributed by atoms with Gasteiger partial charge in [-0.25, -0.2) is 0 Å². The van der Waals surface area contributed by atoms with Gasteiger partial charge in [-0.1, -0.05) is 0 Å². The smallest absolute Gasteiger partial charge is 0.265 e. The van der Waals surface area contributed by atoms with Gasteiger partial charge in [-0.05, 0) is 55.8 Å². The first-order valence-electron chi connectivity index (χ1n) is 8.84. The molecular weight excluding hydrogens is 346 g/mol. The van der Waals surface area contributed by atoms with Gasteiger partial charge in [-0.2, -0.15) is 0 Å². The molecule has 2 aliphatic heterocycles. The van der Waals surface area contributed by atoms with Crippen LogP contribution in [0.4, 0.5) is 17.1 Å². The van der Waals surface area contributed by atoms with E-state index in [1.807, 2.05) is 0 Å². The van der Waals surface area contributed by atoms with Gasteiger partial charge in [0.25, 0.3) is 11.8 Å². The molecule has 0 saturated carbocycles. The van der Waals surface area contributed by atoms with Gasteiger partial charge < -0.3 is 20.3 Å². The molecule has 2 N–H and O–H groups in total. The second kappa shape index (κ2) is 6.75. The van der Waals surface area contributed by atoms with Crippen LogP contribution in [0.15, 0.2) is 42.5 Å². The summed E-state index contributed by atoms with van der Waals surface area (Å²) in [4.78, 5) is 37.7. The predicted molar refractivity (Wildman–Crippen MR) is 101 cm³/mol. The van der Waals surface area contributed by atoms with Crippen LogP contribution in [0.25, 0.3) is 0 Å². The molecule has 0 aliphatic carbocycles. The van der Waals surface area contributed by atoms with Crippen molar-refractivity contribution in [2.45, 2.75) is 25.9 Å². The molecule has 0 aromatic heterocycles. The van der Waals surface area contributed by atoms with Crippen molar-refractivity contribution >= 4 is 34.8 Å². The van der Waals surface area contributed by atoms with Crippen LogP contribution in [0.3, 0.4) is 0 Å². The number of carbonyl (C=O) groups is 3. The van der Waals surface area contributed by atoms with Crippen molar-refractivity contribution in [3.8, 4) is 5.75 Å². The van der Waals surface area contributed by atoms with E-state index in [1.54, 1.807) is 54.3 Å². The number of nitrogens with one attached hydrogen (secondary N) is 2. The van der Waals surface area contributed by atoms with Gasteiger partial charge >= 0.3 is 0 Å². The number of anilines is 3. The van der Waals surface area contributed by atoms with E-state index in [-0.39, 0.29) is 17.7 Å². The lowest BCUT2D eigenvalue weighted by Crippen LogP contribution is -2.34. The van der Waals surface area contributed by atoms with Crippen molar-refractivity contribution in [1.82, 2.24) is 0 Å². The van der Waals surface area contributed by atoms with Crippen molar-refractivity contribution in [3.63, 3.8) is 0 Å². The molecule has 2 aromatic carbocycles. The molecule has 1 unspecified atom stereocenters. The Morgan fingerprint density at radius 3 is 2.67 bits per heavy atom. The minimum absolute atomic E-state index is 0.111. The van der Waals surface area contributed by atoms with E-state index in [1.165, 1.54) is 0 Å². The van der Waals surface area contributed by atoms with Crippen LogP contribution in [0, 0.1) is 0 Å². The summed E-state index contributed by atoms with van der Waals surface area (Å²) in [5.74, 6) is 0.184. The SMILES string of the molecule is CC1Oc2ccc(NC(=O)c3ccc(N4CCCC4=O)cc3)cc2NC1=O. The second-order valence-electron chi connectivity index (χ2n) is 6.61. The standard InChI is InChI=1S/C20H19N3O4/c1-12-19(25)22-16-11-14(6-9-17(16)27-12)21-20(26)13-4-7-15(8-5-13)23-10-2-3-18(23)24/h4-9,11-12H,2-3,10H2,1H3,(H,21,26)(H,22,25). The molecule has 7 heteroatoms. The summed E-state index contributed by atoms with van der Waals surface area (Å²) in [5.41, 5.74) is 2.36. The topological polar surface area (TPSA) is 87.7 Å². The Hall–Kier alpha value is -3.35. The lowest BCUT2D eigenvalue weighted by Gasteiger charge is -2.23. The van der Waals surface area contributed by atoms with Gasteiger partial charge in [-0.15, -0.1) is 0 Å². The number of hydrogen-bond acceptors (Lipinski definition) is 4. The average molecular weight is 365 g/mol. The van der Waals surface area contributed by atoms with Gasteiger partial charge in [0, 0.05) is 29.9 Å². The molecule has 0 spiro atoms. The molecule has 138 valence electrons. The van der Waals surface area contributed by atoms with Crippen LogP contribution >= 0.6 is 0 Å². The number of ether oxygens (including phenoxy) is 1. The van der Waals surface area contributed by atoms with Gasteiger partial charge in [0.2, 0.25) is 5.91 Å². The van der Waals surface area contributed by atoms with Crippen molar-refractivity contribution in [1.29, 1.82) is 0 Å². The Balaban J connectivity index is 1.47. The first-order valence-corrected chi connectivity index (χ1v) is 8.84. The zero-order valence-corrected chi connectivity index (χ0v) is 14.8. The fraction of sp³-hybridized carbons (Fsp3) is 0.250. The van der Waals surface area contributed by atoms with Crippen molar-refractivity contribution < 1.29 is 19.1 Å². The van der Waals surface area contributed by atoms with Gasteiger partial charge in [0.05, 0.1) is 5.69 Å². The molecule has 7 nitrogen and oxygen atoms in total. The molecule has 1 atom stereocenters. The summed E-state index contributed by atoms with van der Waals surface area (Å²) < 4.78 is 5.50. The Labute approximate surface area is 156 Å². The molecule has 3 amide bonds.